The molecule has 0 spiro atoms. The lowest BCUT2D eigenvalue weighted by molar-refractivity contribution is 0.102. The Morgan fingerprint density at radius 1 is 0.969 bits per heavy atom. The third kappa shape index (κ3) is 5.81. The van der Waals surface area contributed by atoms with Crippen LogP contribution in [0.25, 0.3) is 0 Å². The molecule has 32 heavy (non-hydrogen) atoms. The van der Waals surface area contributed by atoms with Crippen molar-refractivity contribution in [3.8, 4) is 5.75 Å². The van der Waals surface area contributed by atoms with E-state index in [9.17, 15) is 13.2 Å². The number of benzene rings is 3. The van der Waals surface area contributed by atoms with Crippen LogP contribution in [0.15, 0.2) is 71.6 Å². The predicted octanol–water partition coefficient (Wildman–Crippen LogP) is 5.47. The summed E-state index contributed by atoms with van der Waals surface area (Å²) in [5.41, 5.74) is 1.53. The van der Waals surface area contributed by atoms with Gasteiger partial charge in [0.25, 0.3) is 5.91 Å². The minimum Gasteiger partial charge on any atom is -0.494 e. The Kier molecular flexibility index (Phi) is 7.79. The summed E-state index contributed by atoms with van der Waals surface area (Å²) in [5, 5.41) is 3.81. The third-order valence-corrected chi connectivity index (χ3v) is 6.96. The minimum absolute atomic E-state index is 0.0162. The predicted molar refractivity (Wildman–Crippen MR) is 127 cm³/mol. The van der Waals surface area contributed by atoms with Crippen molar-refractivity contribution in [1.82, 2.24) is 4.31 Å². The van der Waals surface area contributed by atoms with Gasteiger partial charge in [0.05, 0.1) is 11.5 Å². The topological polar surface area (TPSA) is 75.7 Å². The number of ether oxygens (including phenoxy) is 1. The summed E-state index contributed by atoms with van der Waals surface area (Å²) in [4.78, 5) is 12.9. The van der Waals surface area contributed by atoms with Crippen molar-refractivity contribution >= 4 is 44.8 Å². The molecule has 3 aromatic carbocycles. The lowest BCUT2D eigenvalue weighted by atomic mass is 10.1. The molecule has 0 heterocycles. The first-order valence-corrected chi connectivity index (χ1v) is 11.9. The van der Waals surface area contributed by atoms with E-state index in [1.165, 1.54) is 35.6 Å². The summed E-state index contributed by atoms with van der Waals surface area (Å²) in [7, 11) is -2.29. The number of carbonyl (C=O) groups is 1. The van der Waals surface area contributed by atoms with Crippen LogP contribution in [0.3, 0.4) is 0 Å². The van der Waals surface area contributed by atoms with Crippen molar-refractivity contribution in [2.24, 2.45) is 0 Å². The molecule has 6 nitrogen and oxygen atoms in total. The highest BCUT2D eigenvalue weighted by atomic mass is 35.5. The Labute approximate surface area is 197 Å². The van der Waals surface area contributed by atoms with Gasteiger partial charge in [-0.3, -0.25) is 4.79 Å². The monoisotopic (exact) mass is 492 g/mol. The number of hydrogen-bond acceptors (Lipinski definition) is 4. The molecule has 0 fully saturated rings. The number of sulfonamides is 1. The van der Waals surface area contributed by atoms with Crippen LogP contribution in [0, 0.1) is 0 Å². The van der Waals surface area contributed by atoms with Gasteiger partial charge in [-0.25, -0.2) is 8.42 Å². The maximum atomic E-state index is 13.0. The zero-order valence-corrected chi connectivity index (χ0v) is 19.8. The first-order chi connectivity index (χ1) is 15.2. The summed E-state index contributed by atoms with van der Waals surface area (Å²) < 4.78 is 32.8. The van der Waals surface area contributed by atoms with Crippen LogP contribution in [0.5, 0.6) is 5.75 Å². The number of nitrogens with zero attached hydrogens (tertiary/aromatic N) is 1. The molecule has 0 unspecified atom stereocenters. The Morgan fingerprint density at radius 2 is 1.56 bits per heavy atom. The zero-order chi connectivity index (χ0) is 23.3. The van der Waals surface area contributed by atoms with Gasteiger partial charge >= 0.3 is 0 Å². The van der Waals surface area contributed by atoms with Crippen molar-refractivity contribution in [2.45, 2.75) is 18.4 Å². The number of hydrogen-bond donors (Lipinski definition) is 1. The van der Waals surface area contributed by atoms with Gasteiger partial charge in [-0.05, 0) is 73.7 Å². The molecule has 3 rings (SSSR count). The molecular formula is C23H22Cl2N2O4S. The van der Waals surface area contributed by atoms with Crippen molar-refractivity contribution in [3.05, 3.63) is 87.9 Å². The Balaban J connectivity index is 1.86. The van der Waals surface area contributed by atoms with Crippen molar-refractivity contribution in [3.63, 3.8) is 0 Å². The lowest BCUT2D eigenvalue weighted by Crippen LogP contribution is -2.27. The van der Waals surface area contributed by atoms with E-state index < -0.39 is 10.0 Å². The Bertz CT molecular complexity index is 1200. The van der Waals surface area contributed by atoms with Crippen molar-refractivity contribution < 1.29 is 17.9 Å². The Hall–Kier alpha value is -2.58. The number of carbonyl (C=O) groups excluding carboxylic acids is 1. The van der Waals surface area contributed by atoms with E-state index in [4.69, 9.17) is 27.9 Å². The summed E-state index contributed by atoms with van der Waals surface area (Å²) in [5.74, 6) is 0.175. The Morgan fingerprint density at radius 3 is 2.16 bits per heavy atom. The minimum atomic E-state index is -3.77. The maximum absolute atomic E-state index is 13.0. The standard InChI is InChI=1S/C23H22Cl2N2O4S/c1-3-31-22-13-4-16(23(28)26-20-9-5-18(24)6-10-20)14-17(22)15-27(2)32(29,30)21-11-7-19(25)8-12-21/h4-14H,3,15H2,1-2H3,(H,26,28). The first-order valence-electron chi connectivity index (χ1n) is 9.75. The molecular weight excluding hydrogens is 471 g/mol. The van der Waals surface area contributed by atoms with E-state index >= 15 is 0 Å². The van der Waals surface area contributed by atoms with Gasteiger partial charge in [-0.15, -0.1) is 0 Å². The smallest absolute Gasteiger partial charge is 0.255 e. The summed E-state index contributed by atoms with van der Waals surface area (Å²) in [6.07, 6.45) is 0. The SMILES string of the molecule is CCOc1ccc(C(=O)Nc2ccc(Cl)cc2)cc1CN(C)S(=O)(=O)c1ccc(Cl)cc1. The van der Waals surface area contributed by atoms with Crippen LogP contribution >= 0.6 is 23.2 Å². The molecule has 0 bridgehead atoms. The van der Waals surface area contributed by atoms with E-state index in [0.29, 0.717) is 39.2 Å². The van der Waals surface area contributed by atoms with Gasteiger partial charge in [0, 0.05) is 40.5 Å². The quantitative estimate of drug-likeness (QED) is 0.452. The number of rotatable bonds is 8. The van der Waals surface area contributed by atoms with E-state index in [2.05, 4.69) is 5.32 Å². The molecule has 0 aliphatic carbocycles. The molecule has 0 aromatic heterocycles. The van der Waals surface area contributed by atoms with E-state index in [-0.39, 0.29) is 17.3 Å². The summed E-state index contributed by atoms with van der Waals surface area (Å²) in [6, 6.07) is 17.6. The highest BCUT2D eigenvalue weighted by Crippen LogP contribution is 2.26. The number of nitrogens with one attached hydrogen (secondary N) is 1. The zero-order valence-electron chi connectivity index (χ0n) is 17.5. The van der Waals surface area contributed by atoms with Gasteiger partial charge in [-0.1, -0.05) is 23.2 Å². The van der Waals surface area contributed by atoms with Crippen molar-refractivity contribution in [2.75, 3.05) is 19.0 Å². The summed E-state index contributed by atoms with van der Waals surface area (Å²) >= 11 is 11.8. The molecule has 1 N–H and O–H groups in total. The van der Waals surface area contributed by atoms with Crippen LogP contribution in [-0.2, 0) is 16.6 Å². The average molecular weight is 493 g/mol. The fourth-order valence-electron chi connectivity index (χ4n) is 2.99. The van der Waals surface area contributed by atoms with Gasteiger partial charge in [-0.2, -0.15) is 4.31 Å². The normalized spacial score (nSPS) is 11.4. The highest BCUT2D eigenvalue weighted by Gasteiger charge is 2.23. The fourth-order valence-corrected chi connectivity index (χ4v) is 4.39. The number of amides is 1. The van der Waals surface area contributed by atoms with E-state index in [1.807, 2.05) is 6.92 Å². The van der Waals surface area contributed by atoms with Crippen LogP contribution in [0.1, 0.15) is 22.8 Å². The number of halogens is 2. The molecule has 0 saturated carbocycles. The summed E-state index contributed by atoms with van der Waals surface area (Å²) in [6.45, 7) is 2.25. The van der Waals surface area contributed by atoms with Gasteiger partial charge < -0.3 is 10.1 Å². The highest BCUT2D eigenvalue weighted by molar-refractivity contribution is 7.89. The molecule has 0 aliphatic heterocycles. The molecule has 1 amide bonds. The second kappa shape index (κ2) is 10.4. The largest absolute Gasteiger partial charge is 0.494 e. The van der Waals surface area contributed by atoms with Crippen LogP contribution in [0.4, 0.5) is 5.69 Å². The second-order valence-electron chi connectivity index (χ2n) is 6.93. The van der Waals surface area contributed by atoms with Crippen molar-refractivity contribution in [1.29, 1.82) is 0 Å². The van der Waals surface area contributed by atoms with Crippen LogP contribution in [-0.4, -0.2) is 32.3 Å². The van der Waals surface area contributed by atoms with Gasteiger partial charge in [0.2, 0.25) is 10.0 Å². The van der Waals surface area contributed by atoms with E-state index in [0.717, 1.165) is 0 Å². The molecule has 0 saturated heterocycles. The van der Waals surface area contributed by atoms with Gasteiger partial charge in [0.1, 0.15) is 5.75 Å². The fraction of sp³-hybridized carbons (Fsp3) is 0.174. The first kappa shape index (κ1) is 24.1. The van der Waals surface area contributed by atoms with Crippen LogP contribution < -0.4 is 10.1 Å². The van der Waals surface area contributed by atoms with E-state index in [1.54, 1.807) is 42.5 Å². The van der Waals surface area contributed by atoms with Gasteiger partial charge in [0.15, 0.2) is 0 Å². The molecule has 9 heteroatoms. The maximum Gasteiger partial charge on any atom is 0.255 e. The number of anilines is 1. The molecule has 0 aliphatic rings. The molecule has 168 valence electrons. The lowest BCUT2D eigenvalue weighted by Gasteiger charge is -2.20. The third-order valence-electron chi connectivity index (χ3n) is 4.64. The molecule has 3 aromatic rings. The van der Waals surface area contributed by atoms with Crippen LogP contribution in [0.2, 0.25) is 10.0 Å². The average Bonchev–Trinajstić information content (AvgIpc) is 2.77. The second-order valence-corrected chi connectivity index (χ2v) is 9.85. The molecule has 0 radical (unpaired) electrons. The molecule has 0 atom stereocenters.